The van der Waals surface area contributed by atoms with Gasteiger partial charge in [0.2, 0.25) is 0 Å². The summed E-state index contributed by atoms with van der Waals surface area (Å²) in [5.41, 5.74) is 4.81. The number of nitrogens with two attached hydrogens (primary N) is 1. The summed E-state index contributed by atoms with van der Waals surface area (Å²) in [4.78, 5) is 17.8. The zero-order valence-corrected chi connectivity index (χ0v) is 14.3. The maximum Gasteiger partial charge on any atom is 0.341 e. The summed E-state index contributed by atoms with van der Waals surface area (Å²) < 4.78 is 19.6. The van der Waals surface area contributed by atoms with E-state index in [-0.39, 0.29) is 27.8 Å². The van der Waals surface area contributed by atoms with E-state index < -0.39 is 17.3 Å². The van der Waals surface area contributed by atoms with E-state index in [9.17, 15) is 9.18 Å². The molecule has 1 aromatic rings. The van der Waals surface area contributed by atoms with Gasteiger partial charge in [-0.3, -0.25) is 0 Å². The molecule has 1 aliphatic heterocycles. The molecule has 1 heterocycles. The van der Waals surface area contributed by atoms with E-state index >= 15 is 0 Å². The van der Waals surface area contributed by atoms with Crippen LogP contribution in [-0.2, 0) is 9.53 Å². The highest BCUT2D eigenvalue weighted by Gasteiger charge is 2.43. The van der Waals surface area contributed by atoms with Crippen molar-refractivity contribution in [3.63, 3.8) is 0 Å². The van der Waals surface area contributed by atoms with Crippen LogP contribution < -0.4 is 16.0 Å². The second kappa shape index (κ2) is 6.52. The number of halogens is 2. The maximum atomic E-state index is 14.9. The summed E-state index contributed by atoms with van der Waals surface area (Å²) in [7, 11) is 4.57. The lowest BCUT2D eigenvalue weighted by Crippen LogP contribution is -2.58. The fraction of sp³-hybridized carbons (Fsp3) is 0.250. The highest BCUT2D eigenvalue weighted by Crippen LogP contribution is 2.31. The minimum Gasteiger partial charge on any atom is -0.467 e. The monoisotopic (exact) mass is 352 g/mol. The number of hydrogen-bond donors (Lipinski definition) is 2. The number of anilines is 1. The number of nitrogens with one attached hydrogen (secondary N) is 1. The summed E-state index contributed by atoms with van der Waals surface area (Å²) in [6.07, 6.45) is 2.56. The summed E-state index contributed by atoms with van der Waals surface area (Å²) in [5.74, 6) is -1.14. The highest BCUT2D eigenvalue weighted by molar-refractivity contribution is 6.33. The van der Waals surface area contributed by atoms with Crippen LogP contribution in [0.5, 0.6) is 0 Å². The maximum absolute atomic E-state index is 14.9. The Hall–Kier alpha value is -2.54. The van der Waals surface area contributed by atoms with Gasteiger partial charge in [0.05, 0.1) is 35.3 Å². The summed E-state index contributed by atoms with van der Waals surface area (Å²) in [5, 5.41) is 3.08. The number of amidine groups is 1. The molecular weight excluding hydrogens is 335 g/mol. The van der Waals surface area contributed by atoms with Crippen molar-refractivity contribution in [3.05, 3.63) is 53.1 Å². The first-order chi connectivity index (χ1) is 11.3. The fourth-order valence-electron chi connectivity index (χ4n) is 2.38. The van der Waals surface area contributed by atoms with Crippen molar-refractivity contribution >= 4 is 29.1 Å². The molecule has 1 aliphatic rings. The summed E-state index contributed by atoms with van der Waals surface area (Å²) in [6.45, 7) is 3.62. The second-order valence-electron chi connectivity index (χ2n) is 5.34. The molecule has 0 aromatic heterocycles. The predicted octanol–water partition coefficient (Wildman–Crippen LogP) is 1.79. The lowest BCUT2D eigenvalue weighted by atomic mass is 9.93. The number of hydrogen-bond acceptors (Lipinski definition) is 6. The third-order valence-electron chi connectivity index (χ3n) is 3.69. The quantitative estimate of drug-likeness (QED) is 0.638. The Morgan fingerprint density at radius 2 is 2.21 bits per heavy atom. The molecule has 0 saturated heterocycles. The number of aliphatic imine (C=N–C) groups is 1. The number of esters is 1. The molecule has 0 aliphatic carbocycles. The van der Waals surface area contributed by atoms with E-state index in [1.807, 2.05) is 0 Å². The molecule has 128 valence electrons. The molecule has 0 bridgehead atoms. The fourth-order valence-corrected chi connectivity index (χ4v) is 2.69. The van der Waals surface area contributed by atoms with Crippen LogP contribution in [0.3, 0.4) is 0 Å². The Balaban J connectivity index is 2.58. The molecule has 6 nitrogen and oxygen atoms in total. The lowest BCUT2D eigenvalue weighted by Gasteiger charge is -2.33. The molecule has 0 saturated carbocycles. The standard InChI is InChI=1S/C16H18ClFN4O2/c1-5-16(15(23)24-4)11(19)8-20-14(21-16)9-6-7-10(17)13(12(9)18)22(2)3/h5-8H,1,19H2,2-4H3,(H,20,21). The highest BCUT2D eigenvalue weighted by atomic mass is 35.5. The van der Waals surface area contributed by atoms with Gasteiger partial charge >= 0.3 is 5.97 Å². The van der Waals surface area contributed by atoms with Crippen molar-refractivity contribution in [2.45, 2.75) is 5.54 Å². The zero-order valence-electron chi connectivity index (χ0n) is 13.6. The number of rotatable bonds is 4. The van der Waals surface area contributed by atoms with Crippen LogP contribution in [0.4, 0.5) is 10.1 Å². The van der Waals surface area contributed by atoms with Gasteiger partial charge in [0.25, 0.3) is 0 Å². The molecule has 2 rings (SSSR count). The van der Waals surface area contributed by atoms with Crippen LogP contribution >= 0.6 is 11.6 Å². The van der Waals surface area contributed by atoms with Gasteiger partial charge in [0, 0.05) is 14.1 Å². The van der Waals surface area contributed by atoms with Crippen LogP contribution in [0.1, 0.15) is 5.56 Å². The van der Waals surface area contributed by atoms with Crippen LogP contribution in [0, 0.1) is 5.82 Å². The van der Waals surface area contributed by atoms with Gasteiger partial charge in [0.1, 0.15) is 5.84 Å². The number of methoxy groups -OCH3 is 1. The molecule has 8 heteroatoms. The van der Waals surface area contributed by atoms with Crippen molar-refractivity contribution in [3.8, 4) is 0 Å². The van der Waals surface area contributed by atoms with Crippen LogP contribution in [-0.4, -0.2) is 38.5 Å². The van der Waals surface area contributed by atoms with Crippen molar-refractivity contribution < 1.29 is 13.9 Å². The molecule has 1 aromatic carbocycles. The number of carbonyl (C=O) groups excluding carboxylic acids is 1. The van der Waals surface area contributed by atoms with Crippen LogP contribution in [0.2, 0.25) is 5.02 Å². The summed E-state index contributed by atoms with van der Waals surface area (Å²) >= 11 is 6.05. The topological polar surface area (TPSA) is 80.0 Å². The van der Waals surface area contributed by atoms with Gasteiger partial charge in [0.15, 0.2) is 11.4 Å². The summed E-state index contributed by atoms with van der Waals surface area (Å²) in [6, 6.07) is 3.02. The van der Waals surface area contributed by atoms with Crippen LogP contribution in [0.25, 0.3) is 0 Å². The smallest absolute Gasteiger partial charge is 0.341 e. The van der Waals surface area contributed by atoms with Crippen LogP contribution in [0.15, 0.2) is 41.7 Å². The molecule has 1 unspecified atom stereocenters. The van der Waals surface area contributed by atoms with E-state index in [0.717, 1.165) is 0 Å². The second-order valence-corrected chi connectivity index (χ2v) is 5.75. The number of benzene rings is 1. The van der Waals surface area contributed by atoms with E-state index in [1.54, 1.807) is 25.1 Å². The van der Waals surface area contributed by atoms with Gasteiger partial charge in [-0.15, -0.1) is 0 Å². The van der Waals surface area contributed by atoms with Crippen molar-refractivity contribution in [2.24, 2.45) is 10.7 Å². The first-order valence-corrected chi connectivity index (χ1v) is 7.36. The largest absolute Gasteiger partial charge is 0.467 e. The predicted molar refractivity (Wildman–Crippen MR) is 92.6 cm³/mol. The van der Waals surface area contributed by atoms with E-state index in [4.69, 9.17) is 22.1 Å². The third-order valence-corrected chi connectivity index (χ3v) is 3.99. The molecule has 24 heavy (non-hydrogen) atoms. The zero-order chi connectivity index (χ0) is 18.1. The van der Waals surface area contributed by atoms with Crippen molar-refractivity contribution in [2.75, 3.05) is 26.1 Å². The Labute approximate surface area is 144 Å². The van der Waals surface area contributed by atoms with E-state index in [2.05, 4.69) is 16.9 Å². The van der Waals surface area contributed by atoms with Gasteiger partial charge in [-0.05, 0) is 18.2 Å². The Kier molecular flexibility index (Phi) is 4.84. The first kappa shape index (κ1) is 17.8. The van der Waals surface area contributed by atoms with Gasteiger partial charge in [-0.2, -0.15) is 0 Å². The Morgan fingerprint density at radius 1 is 1.54 bits per heavy atom. The SMILES string of the molecule is C=CC1(C(=O)OC)NC(c2ccc(Cl)c(N(C)C)c2F)=NC=C1N. The molecule has 0 fully saturated rings. The molecule has 0 radical (unpaired) electrons. The molecule has 1 atom stereocenters. The first-order valence-electron chi connectivity index (χ1n) is 6.98. The van der Waals surface area contributed by atoms with Gasteiger partial charge < -0.3 is 20.7 Å². The van der Waals surface area contributed by atoms with Crippen molar-refractivity contribution in [1.29, 1.82) is 0 Å². The van der Waals surface area contributed by atoms with Gasteiger partial charge in [-0.25, -0.2) is 14.2 Å². The molecule has 3 N–H and O–H groups in total. The minimum atomic E-state index is -1.52. The molecular formula is C16H18ClFN4O2. The number of ether oxygens (including phenoxy) is 1. The minimum absolute atomic E-state index is 0.0929. The average molecular weight is 353 g/mol. The van der Waals surface area contributed by atoms with Crippen molar-refractivity contribution in [1.82, 2.24) is 5.32 Å². The number of nitrogens with zero attached hydrogens (tertiary/aromatic N) is 2. The Bertz CT molecular complexity index is 761. The van der Waals surface area contributed by atoms with E-state index in [1.165, 1.54) is 25.5 Å². The Morgan fingerprint density at radius 3 is 2.75 bits per heavy atom. The average Bonchev–Trinajstić information content (AvgIpc) is 2.55. The third kappa shape index (κ3) is 2.71. The normalized spacial score (nSPS) is 19.7. The van der Waals surface area contributed by atoms with Gasteiger partial charge in [-0.1, -0.05) is 18.2 Å². The molecule has 0 spiro atoms. The molecule has 0 amide bonds. The number of carbonyl (C=O) groups is 1. The van der Waals surface area contributed by atoms with E-state index in [0.29, 0.717) is 0 Å². The lowest BCUT2D eigenvalue weighted by molar-refractivity contribution is -0.144.